The van der Waals surface area contributed by atoms with Gasteiger partial charge in [-0.15, -0.1) is 6.58 Å². The fraction of sp³-hybridized carbons (Fsp3) is 0.355. The molecular formula is C31H36. The van der Waals surface area contributed by atoms with Crippen LogP contribution in [0.4, 0.5) is 0 Å². The lowest BCUT2D eigenvalue weighted by Crippen LogP contribution is -2.14. The highest BCUT2D eigenvalue weighted by Crippen LogP contribution is 2.31. The maximum atomic E-state index is 3.97. The Morgan fingerprint density at radius 3 is 1.39 bits per heavy atom. The summed E-state index contributed by atoms with van der Waals surface area (Å²) in [7, 11) is 0. The molecule has 0 atom stereocenters. The van der Waals surface area contributed by atoms with Crippen LogP contribution in [0.5, 0.6) is 0 Å². The predicted octanol–water partition coefficient (Wildman–Crippen LogP) is 7.97. The van der Waals surface area contributed by atoms with Crippen LogP contribution in [0.15, 0.2) is 85.5 Å². The zero-order valence-corrected chi connectivity index (χ0v) is 19.0. The standard InChI is InChI=1S/C31H36/c1-3-24-5-9-26(10-6-24)21-28-13-17-30(18-14-28)23-31-19-15-29(16-20-31)22-27-11-7-25(4-2)8-12-27/h3,7-8,11-20,24,26H,1,4-6,9-10,21-23H2,2H3. The number of hydrogen-bond donors (Lipinski definition) is 0. The summed E-state index contributed by atoms with van der Waals surface area (Å²) >= 11 is 0. The summed E-state index contributed by atoms with van der Waals surface area (Å²) in [5.41, 5.74) is 8.47. The third-order valence-electron chi connectivity index (χ3n) is 7.04. The Kier molecular flexibility index (Phi) is 7.41. The minimum Gasteiger partial charge on any atom is -0.103 e. The van der Waals surface area contributed by atoms with Crippen LogP contribution in [0, 0.1) is 11.8 Å². The molecule has 0 amide bonds. The number of hydrogen-bond acceptors (Lipinski definition) is 0. The fourth-order valence-corrected chi connectivity index (χ4v) is 4.89. The lowest BCUT2D eigenvalue weighted by Gasteiger charge is -2.26. The van der Waals surface area contributed by atoms with Gasteiger partial charge >= 0.3 is 0 Å². The van der Waals surface area contributed by atoms with Gasteiger partial charge in [-0.2, -0.15) is 0 Å². The van der Waals surface area contributed by atoms with E-state index in [-0.39, 0.29) is 0 Å². The van der Waals surface area contributed by atoms with Crippen LogP contribution < -0.4 is 0 Å². The van der Waals surface area contributed by atoms with E-state index in [2.05, 4.69) is 92.4 Å². The Labute approximate surface area is 189 Å². The summed E-state index contributed by atoms with van der Waals surface area (Å²) in [6.07, 6.45) is 11.9. The van der Waals surface area contributed by atoms with Gasteiger partial charge in [0.05, 0.1) is 0 Å². The lowest BCUT2D eigenvalue weighted by atomic mass is 9.79. The van der Waals surface area contributed by atoms with Crippen molar-refractivity contribution in [3.8, 4) is 0 Å². The Morgan fingerprint density at radius 2 is 1.00 bits per heavy atom. The molecule has 1 saturated carbocycles. The molecule has 3 aromatic rings. The molecule has 0 spiro atoms. The maximum Gasteiger partial charge on any atom is -0.00258 e. The molecule has 0 aliphatic heterocycles. The van der Waals surface area contributed by atoms with Crippen LogP contribution in [0.2, 0.25) is 0 Å². The summed E-state index contributed by atoms with van der Waals surface area (Å²) in [5, 5.41) is 0. The van der Waals surface area contributed by atoms with Crippen LogP contribution >= 0.6 is 0 Å². The quantitative estimate of drug-likeness (QED) is 0.332. The van der Waals surface area contributed by atoms with Crippen molar-refractivity contribution in [1.82, 2.24) is 0 Å². The molecule has 160 valence electrons. The molecule has 1 aliphatic rings. The molecule has 0 saturated heterocycles. The number of aryl methyl sites for hydroxylation is 1. The highest BCUT2D eigenvalue weighted by Gasteiger charge is 2.19. The van der Waals surface area contributed by atoms with Crippen LogP contribution in [0.25, 0.3) is 0 Å². The predicted molar refractivity (Wildman–Crippen MR) is 134 cm³/mol. The molecule has 3 aromatic carbocycles. The van der Waals surface area contributed by atoms with E-state index in [4.69, 9.17) is 0 Å². The zero-order valence-electron chi connectivity index (χ0n) is 19.0. The van der Waals surface area contributed by atoms with Crippen LogP contribution in [0.3, 0.4) is 0 Å². The van der Waals surface area contributed by atoms with Crippen molar-refractivity contribution in [3.05, 3.63) is 119 Å². The first kappa shape index (κ1) is 21.6. The number of allylic oxidation sites excluding steroid dienone is 1. The molecule has 4 rings (SSSR count). The minimum absolute atomic E-state index is 0.756. The Morgan fingerprint density at radius 1 is 0.613 bits per heavy atom. The molecule has 0 bridgehead atoms. The second-order valence-electron chi connectivity index (χ2n) is 9.38. The number of benzene rings is 3. The van der Waals surface area contributed by atoms with Gasteiger partial charge in [-0.1, -0.05) is 85.8 Å². The summed E-state index contributed by atoms with van der Waals surface area (Å²) in [6, 6.07) is 27.5. The Balaban J connectivity index is 1.29. The molecule has 31 heavy (non-hydrogen) atoms. The van der Waals surface area contributed by atoms with E-state index in [1.165, 1.54) is 65.5 Å². The Hall–Kier alpha value is -2.60. The largest absolute Gasteiger partial charge is 0.103 e. The molecule has 0 unspecified atom stereocenters. The van der Waals surface area contributed by atoms with Crippen LogP contribution in [-0.2, 0) is 25.7 Å². The second-order valence-corrected chi connectivity index (χ2v) is 9.38. The smallest absolute Gasteiger partial charge is 0.00258 e. The van der Waals surface area contributed by atoms with E-state index in [0.29, 0.717) is 0 Å². The van der Waals surface area contributed by atoms with Crippen molar-refractivity contribution in [3.63, 3.8) is 0 Å². The van der Waals surface area contributed by atoms with Gasteiger partial charge in [-0.25, -0.2) is 0 Å². The molecular weight excluding hydrogens is 372 g/mol. The highest BCUT2D eigenvalue weighted by atomic mass is 14.2. The lowest BCUT2D eigenvalue weighted by molar-refractivity contribution is 0.309. The van der Waals surface area contributed by atoms with Crippen molar-refractivity contribution in [2.24, 2.45) is 11.8 Å². The van der Waals surface area contributed by atoms with Gasteiger partial charge in [0.2, 0.25) is 0 Å². The van der Waals surface area contributed by atoms with Crippen molar-refractivity contribution >= 4 is 0 Å². The third-order valence-corrected chi connectivity index (χ3v) is 7.04. The molecule has 0 heterocycles. The maximum absolute atomic E-state index is 3.97. The molecule has 0 aromatic heterocycles. The van der Waals surface area contributed by atoms with Crippen molar-refractivity contribution in [2.75, 3.05) is 0 Å². The van der Waals surface area contributed by atoms with Gasteiger partial charge in [0, 0.05) is 0 Å². The second kappa shape index (κ2) is 10.6. The van der Waals surface area contributed by atoms with E-state index in [1.807, 2.05) is 0 Å². The van der Waals surface area contributed by atoms with Crippen LogP contribution in [-0.4, -0.2) is 0 Å². The Bertz CT molecular complexity index is 936. The topological polar surface area (TPSA) is 0 Å². The van der Waals surface area contributed by atoms with Gasteiger partial charge < -0.3 is 0 Å². The monoisotopic (exact) mass is 408 g/mol. The average molecular weight is 409 g/mol. The molecule has 0 N–H and O–H groups in total. The summed E-state index contributed by atoms with van der Waals surface area (Å²) in [6.45, 7) is 6.17. The van der Waals surface area contributed by atoms with E-state index in [0.717, 1.165) is 31.1 Å². The highest BCUT2D eigenvalue weighted by molar-refractivity contribution is 5.33. The third kappa shape index (κ3) is 6.20. The summed E-state index contributed by atoms with van der Waals surface area (Å²) in [4.78, 5) is 0. The summed E-state index contributed by atoms with van der Waals surface area (Å²) < 4.78 is 0. The van der Waals surface area contributed by atoms with Crippen molar-refractivity contribution in [1.29, 1.82) is 0 Å². The molecule has 0 radical (unpaired) electrons. The van der Waals surface area contributed by atoms with Crippen LogP contribution in [0.1, 0.15) is 66.0 Å². The molecule has 1 aliphatic carbocycles. The van der Waals surface area contributed by atoms with Gasteiger partial charge in [-0.05, 0) is 96.6 Å². The first-order valence-electron chi connectivity index (χ1n) is 12.1. The minimum atomic E-state index is 0.756. The fourth-order valence-electron chi connectivity index (χ4n) is 4.89. The van der Waals surface area contributed by atoms with Crippen molar-refractivity contribution in [2.45, 2.75) is 58.3 Å². The van der Waals surface area contributed by atoms with E-state index < -0.39 is 0 Å². The summed E-state index contributed by atoms with van der Waals surface area (Å²) in [5.74, 6) is 1.61. The van der Waals surface area contributed by atoms with Crippen molar-refractivity contribution < 1.29 is 0 Å². The first-order valence-corrected chi connectivity index (χ1v) is 12.1. The molecule has 0 heteroatoms. The van der Waals surface area contributed by atoms with Gasteiger partial charge in [-0.3, -0.25) is 0 Å². The van der Waals surface area contributed by atoms with Gasteiger partial charge in [0.15, 0.2) is 0 Å². The normalized spacial score (nSPS) is 18.6. The molecule has 1 fully saturated rings. The van der Waals surface area contributed by atoms with E-state index in [1.54, 1.807) is 0 Å². The SMILES string of the molecule is C=CC1CCC(Cc2ccc(Cc3ccc(Cc4ccc(CC)cc4)cc3)cc2)CC1. The van der Waals surface area contributed by atoms with E-state index in [9.17, 15) is 0 Å². The zero-order chi connectivity index (χ0) is 21.5. The number of rotatable bonds is 8. The van der Waals surface area contributed by atoms with E-state index >= 15 is 0 Å². The first-order chi connectivity index (χ1) is 15.2. The van der Waals surface area contributed by atoms with Gasteiger partial charge in [0.1, 0.15) is 0 Å². The molecule has 0 nitrogen and oxygen atoms in total. The average Bonchev–Trinajstić information content (AvgIpc) is 2.82. The van der Waals surface area contributed by atoms with Gasteiger partial charge in [0.25, 0.3) is 0 Å².